The summed E-state index contributed by atoms with van der Waals surface area (Å²) in [5.74, 6) is -2.33. The third kappa shape index (κ3) is 29.8. The van der Waals surface area contributed by atoms with Gasteiger partial charge in [-0.05, 0) is 34.6 Å². The van der Waals surface area contributed by atoms with Crippen LogP contribution < -0.4 is 0 Å². The van der Waals surface area contributed by atoms with Crippen LogP contribution in [0.25, 0.3) is 0 Å². The molecule has 0 aliphatic heterocycles. The van der Waals surface area contributed by atoms with Crippen LogP contribution in [0.4, 0.5) is 0 Å². The summed E-state index contributed by atoms with van der Waals surface area (Å²) >= 11 is 0. The quantitative estimate of drug-likeness (QED) is 0.0477. The van der Waals surface area contributed by atoms with Crippen LogP contribution in [0.3, 0.4) is 0 Å². The minimum Gasteiger partial charge on any atom is -0.462 e. The van der Waals surface area contributed by atoms with E-state index in [1.165, 1.54) is 44.9 Å². The molecule has 0 bridgehead atoms. The minimum absolute atomic E-state index is 0.0351. The molecule has 47 heavy (non-hydrogen) atoms. The highest BCUT2D eigenvalue weighted by Crippen LogP contribution is 2.43. The van der Waals surface area contributed by atoms with Gasteiger partial charge in [-0.3, -0.25) is 28.2 Å². The lowest BCUT2D eigenvalue weighted by Crippen LogP contribution is -2.31. The van der Waals surface area contributed by atoms with Crippen molar-refractivity contribution >= 4 is 31.7 Å². The van der Waals surface area contributed by atoms with Gasteiger partial charge in [-0.2, -0.15) is 0 Å². The molecule has 0 aliphatic carbocycles. The Hall–Kier alpha value is -2.09. The van der Waals surface area contributed by atoms with E-state index in [4.69, 9.17) is 28.0 Å². The molecule has 2 unspecified atom stereocenters. The number of nitrogens with zero attached hydrogens (tertiary/aromatic N) is 2. The highest BCUT2D eigenvalue weighted by Gasteiger charge is 2.28. The van der Waals surface area contributed by atoms with Crippen LogP contribution in [0, 0.1) is 0 Å². The molecule has 0 aromatic rings. The smallest absolute Gasteiger partial charge is 0.462 e. The number of esters is 4. The lowest BCUT2D eigenvalue weighted by molar-refractivity contribution is -0.162. The molecule has 0 fully saturated rings. The first kappa shape index (κ1) is 44.9. The predicted octanol–water partition coefficient (Wildman–Crippen LogP) is 4.65. The maximum absolute atomic E-state index is 12.6. The van der Waals surface area contributed by atoms with Gasteiger partial charge in [-0.1, -0.05) is 71.1 Å². The van der Waals surface area contributed by atoms with Crippen molar-refractivity contribution in [2.75, 3.05) is 67.7 Å². The van der Waals surface area contributed by atoms with Gasteiger partial charge < -0.3 is 33.6 Å². The molecule has 0 saturated heterocycles. The van der Waals surface area contributed by atoms with Crippen LogP contribution in [0.15, 0.2) is 0 Å². The van der Waals surface area contributed by atoms with Gasteiger partial charge in [0.25, 0.3) is 0 Å². The number of hydrogen-bond acceptors (Lipinski definition) is 13. The van der Waals surface area contributed by atoms with Crippen LogP contribution in [-0.4, -0.2) is 118 Å². The van der Waals surface area contributed by atoms with Gasteiger partial charge in [0.15, 0.2) is 12.2 Å². The van der Waals surface area contributed by atoms with Crippen molar-refractivity contribution < 1.29 is 56.6 Å². The van der Waals surface area contributed by atoms with E-state index in [9.17, 15) is 28.6 Å². The molecule has 0 radical (unpaired) electrons. The highest BCUT2D eigenvalue weighted by atomic mass is 31.2. The second-order valence-electron chi connectivity index (χ2n) is 12.2. The summed E-state index contributed by atoms with van der Waals surface area (Å²) in [5.41, 5.74) is 0. The lowest BCUT2D eigenvalue weighted by Gasteiger charge is -2.22. The number of carbonyl (C=O) groups is 4. The van der Waals surface area contributed by atoms with Crippen molar-refractivity contribution in [1.82, 2.24) is 9.80 Å². The van der Waals surface area contributed by atoms with E-state index in [0.29, 0.717) is 19.5 Å². The van der Waals surface area contributed by atoms with Crippen LogP contribution in [0.5, 0.6) is 0 Å². The second-order valence-corrected chi connectivity index (χ2v) is 13.6. The van der Waals surface area contributed by atoms with E-state index in [-0.39, 0.29) is 25.9 Å². The fourth-order valence-corrected chi connectivity index (χ4v) is 4.97. The monoisotopic (exact) mass is 696 g/mol. The number of unbranched alkanes of at least 4 members (excludes halogenated alkanes) is 10. The summed E-state index contributed by atoms with van der Waals surface area (Å²) in [4.78, 5) is 61.9. The van der Waals surface area contributed by atoms with Gasteiger partial charge >= 0.3 is 31.7 Å². The number of phosphoric ester groups is 1. The molecule has 0 amide bonds. The molecular formula is C32H61N2O12P. The molecule has 0 rings (SSSR count). The summed E-state index contributed by atoms with van der Waals surface area (Å²) in [6.07, 6.45) is 10.7. The fourth-order valence-electron chi connectivity index (χ4n) is 4.18. The topological polar surface area (TPSA) is 167 Å². The Morgan fingerprint density at radius 3 is 1.45 bits per heavy atom. The number of rotatable bonds is 30. The molecule has 15 heteroatoms. The summed E-state index contributed by atoms with van der Waals surface area (Å²) < 4.78 is 43.3. The highest BCUT2D eigenvalue weighted by molar-refractivity contribution is 7.47. The van der Waals surface area contributed by atoms with Gasteiger partial charge in [0.1, 0.15) is 13.2 Å². The summed E-state index contributed by atoms with van der Waals surface area (Å²) in [6, 6.07) is 0. The van der Waals surface area contributed by atoms with Gasteiger partial charge in [0.2, 0.25) is 0 Å². The van der Waals surface area contributed by atoms with E-state index < -0.39 is 63.7 Å². The Labute approximate surface area is 281 Å². The number of ether oxygens (including phenoxy) is 4. The van der Waals surface area contributed by atoms with Gasteiger partial charge in [-0.25, -0.2) is 4.57 Å². The molecule has 0 aliphatic rings. The van der Waals surface area contributed by atoms with Crippen molar-refractivity contribution in [3.63, 3.8) is 0 Å². The third-order valence-corrected chi connectivity index (χ3v) is 7.80. The standard InChI is InChI=1S/C32H61N2O12P/c1-7-8-9-10-11-12-13-14-15-16-17-18-30(36)41-23-28(45-27(2)35)25-43-47(39,40)44-26-29(46-32(38)20-22-34(5)6)24-42-31(37)19-21-33(3)4/h28-29H,7-26H2,1-6H3,(H,39,40)/t28-,29?/m1/s1. The first-order chi connectivity index (χ1) is 22.2. The summed E-state index contributed by atoms with van der Waals surface area (Å²) in [5, 5.41) is 0. The van der Waals surface area contributed by atoms with Crippen molar-refractivity contribution in [2.24, 2.45) is 0 Å². The molecule has 3 atom stereocenters. The molecule has 14 nitrogen and oxygen atoms in total. The normalized spacial score (nSPS) is 14.0. The lowest BCUT2D eigenvalue weighted by atomic mass is 10.1. The van der Waals surface area contributed by atoms with Gasteiger partial charge in [-0.15, -0.1) is 0 Å². The fraction of sp³-hybridized carbons (Fsp3) is 0.875. The van der Waals surface area contributed by atoms with E-state index in [2.05, 4.69) is 6.92 Å². The third-order valence-electron chi connectivity index (χ3n) is 6.85. The van der Waals surface area contributed by atoms with E-state index in [1.54, 1.807) is 38.0 Å². The summed E-state index contributed by atoms with van der Waals surface area (Å²) in [6.45, 7) is 2.21. The van der Waals surface area contributed by atoms with E-state index >= 15 is 0 Å². The van der Waals surface area contributed by atoms with Crippen molar-refractivity contribution in [3.05, 3.63) is 0 Å². The zero-order valence-corrected chi connectivity index (χ0v) is 30.5. The zero-order valence-electron chi connectivity index (χ0n) is 29.6. The second kappa shape index (κ2) is 27.8. The van der Waals surface area contributed by atoms with Crippen molar-refractivity contribution in [1.29, 1.82) is 0 Å². The number of phosphoric acid groups is 1. The summed E-state index contributed by atoms with van der Waals surface area (Å²) in [7, 11) is 2.40. The van der Waals surface area contributed by atoms with Crippen LogP contribution in [0.2, 0.25) is 0 Å². The zero-order chi connectivity index (χ0) is 35.5. The van der Waals surface area contributed by atoms with E-state index in [1.807, 2.05) is 0 Å². The Bertz CT molecular complexity index is 919. The van der Waals surface area contributed by atoms with Crippen LogP contribution in [0.1, 0.15) is 104 Å². The molecule has 0 heterocycles. The van der Waals surface area contributed by atoms with Crippen LogP contribution in [-0.2, 0) is 51.7 Å². The van der Waals surface area contributed by atoms with Gasteiger partial charge in [0.05, 0.1) is 26.1 Å². The van der Waals surface area contributed by atoms with E-state index in [0.717, 1.165) is 26.2 Å². The molecule has 0 saturated carbocycles. The molecule has 0 aromatic carbocycles. The Morgan fingerprint density at radius 1 is 0.596 bits per heavy atom. The molecule has 0 aromatic heterocycles. The Morgan fingerprint density at radius 2 is 1.00 bits per heavy atom. The Balaban J connectivity index is 4.69. The molecule has 0 spiro atoms. The number of hydrogen-bond donors (Lipinski definition) is 1. The number of carbonyl (C=O) groups excluding carboxylic acids is 4. The SMILES string of the molecule is CCCCCCCCCCCCCC(=O)OC[C@H](COP(=O)(O)OCC(COC(=O)CCN(C)C)OC(=O)CCN(C)C)OC(C)=O. The first-order valence-electron chi connectivity index (χ1n) is 16.8. The van der Waals surface area contributed by atoms with Crippen molar-refractivity contribution in [3.8, 4) is 0 Å². The maximum atomic E-state index is 12.6. The largest absolute Gasteiger partial charge is 0.472 e. The average molecular weight is 697 g/mol. The molecular weight excluding hydrogens is 635 g/mol. The van der Waals surface area contributed by atoms with Gasteiger partial charge in [0, 0.05) is 26.4 Å². The molecule has 276 valence electrons. The first-order valence-corrected chi connectivity index (χ1v) is 18.3. The maximum Gasteiger partial charge on any atom is 0.472 e. The van der Waals surface area contributed by atoms with Crippen LogP contribution >= 0.6 is 7.82 Å². The average Bonchev–Trinajstić information content (AvgIpc) is 3.00. The minimum atomic E-state index is -4.76. The van der Waals surface area contributed by atoms with Crippen molar-refractivity contribution in [2.45, 2.75) is 116 Å². The predicted molar refractivity (Wildman–Crippen MR) is 177 cm³/mol. The molecule has 1 N–H and O–H groups in total. The Kier molecular flexibility index (Phi) is 26.6.